The predicted octanol–water partition coefficient (Wildman–Crippen LogP) is 2.06. The standard InChI is InChI=1S/C18H25N3O2/c1-22-14-6-3-2-5-12(14)11-20-17(19)21-15-13-7-10-23-16(13)18(15)8-4-9-18/h2-3,5-6,13,15-16H,4,7-11H2,1H3,(H3,19,20,21). The molecule has 0 aromatic heterocycles. The fraction of sp³-hybridized carbons (Fsp3) is 0.611. The van der Waals surface area contributed by atoms with Crippen LogP contribution in [0.5, 0.6) is 5.75 Å². The van der Waals surface area contributed by atoms with E-state index in [1.807, 2.05) is 24.3 Å². The highest BCUT2D eigenvalue weighted by Crippen LogP contribution is 2.62. The minimum absolute atomic E-state index is 0.325. The summed E-state index contributed by atoms with van der Waals surface area (Å²) < 4.78 is 11.3. The van der Waals surface area contributed by atoms with Gasteiger partial charge in [-0.1, -0.05) is 24.6 Å². The smallest absolute Gasteiger partial charge is 0.189 e. The van der Waals surface area contributed by atoms with Crippen molar-refractivity contribution >= 4 is 5.96 Å². The van der Waals surface area contributed by atoms with Gasteiger partial charge in [-0.15, -0.1) is 0 Å². The van der Waals surface area contributed by atoms with Crippen LogP contribution in [0.25, 0.3) is 0 Å². The number of ether oxygens (including phenoxy) is 2. The van der Waals surface area contributed by atoms with E-state index in [1.54, 1.807) is 7.11 Å². The Bertz CT molecular complexity index is 612. The van der Waals surface area contributed by atoms with E-state index in [0.717, 1.165) is 24.3 Å². The lowest BCUT2D eigenvalue weighted by atomic mass is 9.46. The average Bonchev–Trinajstić information content (AvgIpc) is 2.94. The Morgan fingerprint density at radius 3 is 3.00 bits per heavy atom. The molecule has 3 aliphatic rings. The van der Waals surface area contributed by atoms with Crippen LogP contribution in [0.15, 0.2) is 29.3 Å². The molecule has 3 fully saturated rings. The van der Waals surface area contributed by atoms with Crippen molar-refractivity contribution in [3.05, 3.63) is 29.8 Å². The molecule has 3 unspecified atom stereocenters. The van der Waals surface area contributed by atoms with Crippen molar-refractivity contribution in [2.45, 2.75) is 44.4 Å². The summed E-state index contributed by atoms with van der Waals surface area (Å²) in [5, 5.41) is 3.50. The second kappa shape index (κ2) is 5.71. The van der Waals surface area contributed by atoms with Crippen LogP contribution >= 0.6 is 0 Å². The van der Waals surface area contributed by atoms with Gasteiger partial charge >= 0.3 is 0 Å². The average molecular weight is 315 g/mol. The van der Waals surface area contributed by atoms with Crippen LogP contribution in [-0.2, 0) is 11.3 Å². The van der Waals surface area contributed by atoms with Crippen LogP contribution < -0.4 is 15.8 Å². The van der Waals surface area contributed by atoms with Crippen molar-refractivity contribution in [3.8, 4) is 5.75 Å². The summed E-state index contributed by atoms with van der Waals surface area (Å²) in [7, 11) is 1.68. The summed E-state index contributed by atoms with van der Waals surface area (Å²) in [6.07, 6.45) is 5.42. The first-order valence-electron chi connectivity index (χ1n) is 8.54. The van der Waals surface area contributed by atoms with E-state index >= 15 is 0 Å². The summed E-state index contributed by atoms with van der Waals surface area (Å²) in [4.78, 5) is 4.53. The summed E-state index contributed by atoms with van der Waals surface area (Å²) in [5.41, 5.74) is 7.54. The first-order valence-corrected chi connectivity index (χ1v) is 8.54. The largest absolute Gasteiger partial charge is 0.496 e. The zero-order valence-corrected chi connectivity index (χ0v) is 13.6. The van der Waals surface area contributed by atoms with E-state index in [4.69, 9.17) is 15.2 Å². The van der Waals surface area contributed by atoms with E-state index in [2.05, 4.69) is 10.3 Å². The molecule has 0 amide bonds. The quantitative estimate of drug-likeness (QED) is 0.659. The number of methoxy groups -OCH3 is 1. The van der Waals surface area contributed by atoms with E-state index in [0.29, 0.717) is 36.0 Å². The van der Waals surface area contributed by atoms with Crippen LogP contribution in [-0.4, -0.2) is 31.8 Å². The number of fused-ring (bicyclic) bond motifs is 2. The van der Waals surface area contributed by atoms with Crippen molar-refractivity contribution in [2.75, 3.05) is 13.7 Å². The number of benzene rings is 1. The van der Waals surface area contributed by atoms with Crippen molar-refractivity contribution in [2.24, 2.45) is 22.1 Å². The third-order valence-electron chi connectivity index (χ3n) is 5.95. The monoisotopic (exact) mass is 315 g/mol. The number of rotatable bonds is 4. The summed E-state index contributed by atoms with van der Waals surface area (Å²) in [6.45, 7) is 1.43. The molecule has 2 saturated carbocycles. The minimum atomic E-state index is 0.325. The van der Waals surface area contributed by atoms with Crippen molar-refractivity contribution in [1.82, 2.24) is 5.32 Å². The molecule has 1 aromatic carbocycles. The number of para-hydroxylation sites is 1. The lowest BCUT2D eigenvalue weighted by Gasteiger charge is -2.63. The molecule has 5 nitrogen and oxygen atoms in total. The third kappa shape index (κ3) is 2.29. The number of aliphatic imine (C=N–C) groups is 1. The van der Waals surface area contributed by atoms with Gasteiger partial charge in [0.1, 0.15) is 5.75 Å². The second-order valence-corrected chi connectivity index (χ2v) is 6.97. The van der Waals surface area contributed by atoms with Gasteiger partial charge in [-0.3, -0.25) is 0 Å². The molecule has 4 rings (SSSR count). The van der Waals surface area contributed by atoms with Gasteiger partial charge in [-0.05, 0) is 25.3 Å². The van der Waals surface area contributed by atoms with Gasteiger partial charge in [-0.2, -0.15) is 0 Å². The molecule has 3 N–H and O–H groups in total. The molecule has 1 aliphatic heterocycles. The molecule has 2 aliphatic carbocycles. The van der Waals surface area contributed by atoms with Crippen LogP contribution in [0.1, 0.15) is 31.2 Å². The maximum absolute atomic E-state index is 6.16. The van der Waals surface area contributed by atoms with Crippen LogP contribution in [0, 0.1) is 11.3 Å². The highest BCUT2D eigenvalue weighted by Gasteiger charge is 2.66. The van der Waals surface area contributed by atoms with Crippen molar-refractivity contribution < 1.29 is 9.47 Å². The van der Waals surface area contributed by atoms with E-state index in [9.17, 15) is 0 Å². The molecular formula is C18H25N3O2. The molecule has 23 heavy (non-hydrogen) atoms. The highest BCUT2D eigenvalue weighted by molar-refractivity contribution is 5.78. The lowest BCUT2D eigenvalue weighted by Crippen LogP contribution is -2.72. The van der Waals surface area contributed by atoms with Gasteiger partial charge in [0.2, 0.25) is 0 Å². The first kappa shape index (κ1) is 14.8. The SMILES string of the molecule is COc1ccccc1CN=C(N)NC1C2CCOC2C12CCC2. The van der Waals surface area contributed by atoms with Crippen LogP contribution in [0.3, 0.4) is 0 Å². The van der Waals surface area contributed by atoms with Gasteiger partial charge < -0.3 is 20.5 Å². The Morgan fingerprint density at radius 1 is 1.43 bits per heavy atom. The number of nitrogens with zero attached hydrogens (tertiary/aromatic N) is 1. The Morgan fingerprint density at radius 2 is 2.26 bits per heavy atom. The molecule has 1 saturated heterocycles. The molecular weight excluding hydrogens is 290 g/mol. The highest BCUT2D eigenvalue weighted by atomic mass is 16.5. The lowest BCUT2D eigenvalue weighted by molar-refractivity contribution is -0.171. The fourth-order valence-electron chi connectivity index (χ4n) is 4.66. The second-order valence-electron chi connectivity index (χ2n) is 6.97. The van der Waals surface area contributed by atoms with Crippen LogP contribution in [0.4, 0.5) is 0 Å². The number of hydrogen-bond acceptors (Lipinski definition) is 3. The molecule has 1 heterocycles. The number of guanidine groups is 1. The molecule has 1 spiro atoms. The van der Waals surface area contributed by atoms with Crippen LogP contribution in [0.2, 0.25) is 0 Å². The summed E-state index contributed by atoms with van der Waals surface area (Å²) in [6, 6.07) is 8.36. The normalized spacial score (nSPS) is 31.2. The Balaban J connectivity index is 1.42. The third-order valence-corrected chi connectivity index (χ3v) is 5.95. The Kier molecular flexibility index (Phi) is 3.68. The van der Waals surface area contributed by atoms with E-state index < -0.39 is 0 Å². The zero-order valence-electron chi connectivity index (χ0n) is 13.6. The van der Waals surface area contributed by atoms with Gasteiger partial charge in [0.15, 0.2) is 5.96 Å². The molecule has 1 aromatic rings. The predicted molar refractivity (Wildman–Crippen MR) is 89.4 cm³/mol. The molecule has 124 valence electrons. The summed E-state index contributed by atoms with van der Waals surface area (Å²) in [5.74, 6) is 2.00. The number of nitrogens with one attached hydrogen (secondary N) is 1. The topological polar surface area (TPSA) is 68.9 Å². The molecule has 5 heteroatoms. The minimum Gasteiger partial charge on any atom is -0.496 e. The maximum Gasteiger partial charge on any atom is 0.189 e. The van der Waals surface area contributed by atoms with Gasteiger partial charge in [-0.25, -0.2) is 4.99 Å². The van der Waals surface area contributed by atoms with Gasteiger partial charge in [0.25, 0.3) is 0 Å². The fourth-order valence-corrected chi connectivity index (χ4v) is 4.66. The summed E-state index contributed by atoms with van der Waals surface area (Å²) >= 11 is 0. The molecule has 0 radical (unpaired) electrons. The Hall–Kier alpha value is -1.75. The van der Waals surface area contributed by atoms with Crippen molar-refractivity contribution in [1.29, 1.82) is 0 Å². The van der Waals surface area contributed by atoms with E-state index in [1.165, 1.54) is 19.3 Å². The van der Waals surface area contributed by atoms with Gasteiger partial charge in [0, 0.05) is 29.5 Å². The molecule has 0 bridgehead atoms. The number of nitrogens with two attached hydrogens (primary N) is 1. The first-order chi connectivity index (χ1) is 11.2. The molecule has 3 atom stereocenters. The Labute approximate surface area is 137 Å². The van der Waals surface area contributed by atoms with E-state index in [-0.39, 0.29) is 0 Å². The maximum atomic E-state index is 6.16. The van der Waals surface area contributed by atoms with Gasteiger partial charge in [0.05, 0.1) is 19.8 Å². The zero-order chi connectivity index (χ0) is 15.9. The number of hydrogen-bond donors (Lipinski definition) is 2. The van der Waals surface area contributed by atoms with Crippen molar-refractivity contribution in [3.63, 3.8) is 0 Å².